The molecule has 0 spiro atoms. The van der Waals surface area contributed by atoms with Crippen LogP contribution < -0.4 is 4.90 Å². The van der Waals surface area contributed by atoms with Gasteiger partial charge in [-0.3, -0.25) is 0 Å². The fourth-order valence-electron chi connectivity index (χ4n) is 11.7. The van der Waals surface area contributed by atoms with Gasteiger partial charge in [0.15, 0.2) is 0 Å². The van der Waals surface area contributed by atoms with Crippen LogP contribution in [0.1, 0.15) is 67.2 Å². The summed E-state index contributed by atoms with van der Waals surface area (Å²) >= 11 is 0. The third kappa shape index (κ3) is 7.09. The smallest absolute Gasteiger partial charge is 0.0540 e. The van der Waals surface area contributed by atoms with Crippen molar-refractivity contribution < 1.29 is 0 Å². The van der Waals surface area contributed by atoms with Crippen molar-refractivity contribution in [1.29, 1.82) is 0 Å². The molecule has 0 bridgehead atoms. The second-order valence-corrected chi connectivity index (χ2v) is 18.7. The lowest BCUT2D eigenvalue weighted by Crippen LogP contribution is -2.22. The maximum Gasteiger partial charge on any atom is 0.0540 e. The molecule has 10 aromatic rings. The molecule has 12 rings (SSSR count). The summed E-state index contributed by atoms with van der Waals surface area (Å²) in [7, 11) is 0. The Morgan fingerprint density at radius 1 is 0.373 bits per heavy atom. The molecule has 0 aliphatic heterocycles. The highest BCUT2D eigenvalue weighted by Gasteiger charge is 2.41. The first-order valence-corrected chi connectivity index (χ1v) is 24.2. The van der Waals surface area contributed by atoms with Gasteiger partial charge in [0.1, 0.15) is 0 Å². The van der Waals surface area contributed by atoms with E-state index < -0.39 is 0 Å². The molecule has 1 atom stereocenters. The van der Waals surface area contributed by atoms with E-state index in [0.29, 0.717) is 5.92 Å². The van der Waals surface area contributed by atoms with Crippen LogP contribution >= 0.6 is 0 Å². The van der Waals surface area contributed by atoms with Gasteiger partial charge in [0.05, 0.1) is 11.4 Å². The largest absolute Gasteiger partial charge is 0.309 e. The Balaban J connectivity index is 1.03. The molecule has 10 aromatic carbocycles. The molecule has 0 N–H and O–H groups in total. The third-order valence-corrected chi connectivity index (χ3v) is 15.0. The number of anilines is 3. The van der Waals surface area contributed by atoms with Crippen LogP contribution in [-0.4, -0.2) is 0 Å². The summed E-state index contributed by atoms with van der Waals surface area (Å²) in [6, 6.07) is 88.0. The Bertz CT molecular complexity index is 3370. The predicted molar refractivity (Wildman–Crippen MR) is 284 cm³/mol. The summed E-state index contributed by atoms with van der Waals surface area (Å²) in [5, 5.41) is 2.70. The standard InChI is InChI=1S/C66H53N/c1-66(52-26-9-4-10-27-52)60-34-14-11-30-59(60)65-56(32-19-35-61(65)66)50-42-44-53(45-43-50)67(62-36-15-12-28-54(62)49-40-38-47(39-41-49)46-20-5-2-6-21-46)63-37-16-13-29-57(63)58-33-18-25-51-24-17-31-55(64(51)58)48-22-7-3-8-23-48/h2,4-6,9-21,24-45,48H,3,7-8,22-23H2,1H3. The number of para-hydroxylation sites is 2. The molecule has 0 aromatic heterocycles. The zero-order valence-corrected chi connectivity index (χ0v) is 38.1. The molecule has 1 nitrogen and oxygen atoms in total. The molecular weight excluding hydrogens is 807 g/mol. The van der Waals surface area contributed by atoms with Gasteiger partial charge in [-0.2, -0.15) is 0 Å². The van der Waals surface area contributed by atoms with Gasteiger partial charge in [-0.1, -0.05) is 232 Å². The molecule has 1 fully saturated rings. The minimum absolute atomic E-state index is 0.259. The molecule has 1 heteroatoms. The van der Waals surface area contributed by atoms with Crippen molar-refractivity contribution in [2.75, 3.05) is 4.90 Å². The molecule has 2 aliphatic rings. The number of benzene rings is 10. The van der Waals surface area contributed by atoms with E-state index in [2.05, 4.69) is 248 Å². The molecule has 0 saturated heterocycles. The van der Waals surface area contributed by atoms with E-state index in [1.54, 1.807) is 0 Å². The molecule has 67 heavy (non-hydrogen) atoms. The maximum atomic E-state index is 2.51. The van der Waals surface area contributed by atoms with Crippen molar-refractivity contribution in [3.63, 3.8) is 0 Å². The molecule has 1 unspecified atom stereocenters. The third-order valence-electron chi connectivity index (χ3n) is 15.0. The lowest BCUT2D eigenvalue weighted by Gasteiger charge is -2.31. The van der Waals surface area contributed by atoms with E-state index in [1.807, 2.05) is 0 Å². The van der Waals surface area contributed by atoms with Gasteiger partial charge in [-0.25, -0.2) is 0 Å². The van der Waals surface area contributed by atoms with Crippen molar-refractivity contribution in [2.24, 2.45) is 0 Å². The first-order valence-electron chi connectivity index (χ1n) is 24.2. The molecular formula is C66H53N. The monoisotopic (exact) mass is 859 g/mol. The molecule has 1 saturated carbocycles. The van der Waals surface area contributed by atoms with Gasteiger partial charge < -0.3 is 4.90 Å². The zero-order valence-electron chi connectivity index (χ0n) is 38.1. The number of nitrogens with zero attached hydrogens (tertiary/aromatic N) is 1. The summed E-state index contributed by atoms with van der Waals surface area (Å²) in [5.41, 5.74) is 21.1. The quantitative estimate of drug-likeness (QED) is 0.140. The topological polar surface area (TPSA) is 3.24 Å². The minimum Gasteiger partial charge on any atom is -0.309 e. The number of fused-ring (bicyclic) bond motifs is 4. The SMILES string of the molecule is CC1(c2ccccc2)c2ccccc2-c2c(-c3ccc(N(c4ccccc4-c4ccc(-c5ccccc5)cc4)c4ccccc4-c4cccc5cccc(C6CCCCC6)c45)cc3)cccc21. The normalized spacial score (nSPS) is 15.5. The summed E-state index contributed by atoms with van der Waals surface area (Å²) in [6.45, 7) is 2.40. The molecule has 2 aliphatic carbocycles. The first kappa shape index (κ1) is 40.7. The highest BCUT2D eigenvalue weighted by Crippen LogP contribution is 2.55. The Hall–Kier alpha value is -7.74. The summed E-state index contributed by atoms with van der Waals surface area (Å²) < 4.78 is 0. The van der Waals surface area contributed by atoms with E-state index in [1.165, 1.54) is 121 Å². The maximum absolute atomic E-state index is 2.51. The van der Waals surface area contributed by atoms with Gasteiger partial charge in [-0.05, 0) is 127 Å². The van der Waals surface area contributed by atoms with Crippen LogP contribution in [0.25, 0.3) is 66.4 Å². The molecule has 0 radical (unpaired) electrons. The first-order chi connectivity index (χ1) is 33.1. The lowest BCUT2D eigenvalue weighted by molar-refractivity contribution is 0.445. The minimum atomic E-state index is -0.259. The van der Waals surface area contributed by atoms with Crippen molar-refractivity contribution in [3.05, 3.63) is 259 Å². The average Bonchev–Trinajstić information content (AvgIpc) is 3.68. The summed E-state index contributed by atoms with van der Waals surface area (Å²) in [4.78, 5) is 2.51. The van der Waals surface area contributed by atoms with Crippen LogP contribution in [-0.2, 0) is 5.41 Å². The van der Waals surface area contributed by atoms with E-state index >= 15 is 0 Å². The Morgan fingerprint density at radius 3 is 1.63 bits per heavy atom. The van der Waals surface area contributed by atoms with Gasteiger partial charge in [0.2, 0.25) is 0 Å². The lowest BCUT2D eigenvalue weighted by atomic mass is 9.74. The second-order valence-electron chi connectivity index (χ2n) is 18.7. The fraction of sp³-hybridized carbons (Fsp3) is 0.121. The van der Waals surface area contributed by atoms with Crippen LogP contribution in [0.3, 0.4) is 0 Å². The van der Waals surface area contributed by atoms with E-state index in [9.17, 15) is 0 Å². The van der Waals surface area contributed by atoms with Crippen LogP contribution in [0.2, 0.25) is 0 Å². The fourth-order valence-corrected chi connectivity index (χ4v) is 11.7. The molecule has 0 heterocycles. The molecule has 0 amide bonds. The number of hydrogen-bond acceptors (Lipinski definition) is 1. The van der Waals surface area contributed by atoms with Gasteiger partial charge >= 0.3 is 0 Å². The van der Waals surface area contributed by atoms with E-state index in [0.717, 1.165) is 17.1 Å². The van der Waals surface area contributed by atoms with Crippen LogP contribution in [0.4, 0.5) is 17.1 Å². The second kappa shape index (κ2) is 17.2. The summed E-state index contributed by atoms with van der Waals surface area (Å²) in [6.07, 6.45) is 6.46. The van der Waals surface area contributed by atoms with Crippen molar-refractivity contribution >= 4 is 27.8 Å². The van der Waals surface area contributed by atoms with Crippen LogP contribution in [0, 0.1) is 0 Å². The van der Waals surface area contributed by atoms with Crippen molar-refractivity contribution in [3.8, 4) is 55.6 Å². The highest BCUT2D eigenvalue weighted by atomic mass is 15.1. The number of rotatable bonds is 9. The Labute approximate surface area is 395 Å². The number of hydrogen-bond donors (Lipinski definition) is 0. The van der Waals surface area contributed by atoms with Crippen molar-refractivity contribution in [1.82, 2.24) is 0 Å². The van der Waals surface area contributed by atoms with Gasteiger partial charge in [-0.15, -0.1) is 0 Å². The van der Waals surface area contributed by atoms with Crippen LogP contribution in [0.5, 0.6) is 0 Å². The zero-order chi connectivity index (χ0) is 44.7. The average molecular weight is 860 g/mol. The highest BCUT2D eigenvalue weighted by molar-refractivity contribution is 6.04. The van der Waals surface area contributed by atoms with E-state index in [4.69, 9.17) is 0 Å². The van der Waals surface area contributed by atoms with Gasteiger partial charge in [0, 0.05) is 22.2 Å². The Morgan fingerprint density at radius 2 is 0.881 bits per heavy atom. The molecule has 322 valence electrons. The summed E-state index contributed by atoms with van der Waals surface area (Å²) in [5.74, 6) is 0.575. The van der Waals surface area contributed by atoms with Gasteiger partial charge in [0.25, 0.3) is 0 Å². The Kier molecular flexibility index (Phi) is 10.5. The van der Waals surface area contributed by atoms with Crippen molar-refractivity contribution in [2.45, 2.75) is 50.4 Å². The van der Waals surface area contributed by atoms with Crippen LogP contribution in [0.15, 0.2) is 237 Å². The predicted octanol–water partition coefficient (Wildman–Crippen LogP) is 18.4. The van der Waals surface area contributed by atoms with E-state index in [-0.39, 0.29) is 5.41 Å².